The third-order valence-corrected chi connectivity index (χ3v) is 25.9. The van der Waals surface area contributed by atoms with Crippen molar-refractivity contribution >= 4 is 78.2 Å². The van der Waals surface area contributed by atoms with Gasteiger partial charge in [0.25, 0.3) is 0 Å². The monoisotopic (exact) mass is 985 g/mol. The van der Waals surface area contributed by atoms with E-state index in [4.69, 9.17) is 6.15 Å². The molecule has 0 N–H and O–H groups in total. The molecule has 9 heteroatoms. The van der Waals surface area contributed by atoms with Gasteiger partial charge in [-0.1, -0.05) is 0 Å². The van der Waals surface area contributed by atoms with Crippen LogP contribution >= 0.6 is 47.0 Å². The van der Waals surface area contributed by atoms with Crippen LogP contribution in [0.15, 0.2) is 0 Å². The van der Waals surface area contributed by atoms with Gasteiger partial charge in [-0.3, -0.25) is 0 Å². The van der Waals surface area contributed by atoms with Gasteiger partial charge in [0.2, 0.25) is 0 Å². The van der Waals surface area contributed by atoms with Gasteiger partial charge in [-0.05, 0) is 0 Å². The zero-order valence-corrected chi connectivity index (χ0v) is 45.6. The Bertz CT molecular complexity index is 821. The van der Waals surface area contributed by atoms with E-state index in [1.54, 1.807) is 47.0 Å². The first-order valence-corrected chi connectivity index (χ1v) is 34.8. The van der Waals surface area contributed by atoms with Crippen molar-refractivity contribution in [3.63, 3.8) is 0 Å². The van der Waals surface area contributed by atoms with Crippen LogP contribution in [0.3, 0.4) is 0 Å². The molecule has 0 aliphatic rings. The first kappa shape index (κ1) is 58.1. The Kier molecular flexibility index (Phi) is 40.7. The molecular formula is C48H96O4S4Sn. The van der Waals surface area contributed by atoms with Crippen LogP contribution in [-0.4, -0.2) is 63.3 Å². The number of carbonyl (C=O) groups is 2. The number of hydrogen-bond donors (Lipinski definition) is 0. The average Bonchev–Trinajstić information content (AvgIpc) is 3.15. The molecule has 57 heavy (non-hydrogen) atoms. The second kappa shape index (κ2) is 39.9. The second-order valence-electron chi connectivity index (χ2n) is 18.5. The summed E-state index contributed by atoms with van der Waals surface area (Å²) in [5.74, 6) is 6.71. The molecule has 0 atom stereocenters. The van der Waals surface area contributed by atoms with Gasteiger partial charge < -0.3 is 0 Å². The maximum atomic E-state index is 14.5. The van der Waals surface area contributed by atoms with E-state index in [0.29, 0.717) is 0 Å². The third-order valence-electron chi connectivity index (χ3n) is 10.6. The molecule has 0 unspecified atom stereocenters. The van der Waals surface area contributed by atoms with Gasteiger partial charge in [-0.2, -0.15) is 0 Å². The zero-order valence-electron chi connectivity index (χ0n) is 39.4. The fourth-order valence-corrected chi connectivity index (χ4v) is 22.4. The number of hydrogen-bond acceptors (Lipinski definition) is 8. The number of rotatable bonds is 42. The van der Waals surface area contributed by atoms with Crippen molar-refractivity contribution in [3.05, 3.63) is 0 Å². The topological polar surface area (TPSA) is 52.6 Å². The SMILES string of the molecule is CCCCCCC[CH2][Sn]([CH2]CCC)([O]C(=O)C(SCCCCCC(C)C)SCCCCCC(C)C)[O]C(=O)C(SCCCCCC(C)C)SCCCCCC(C)C. The molecule has 0 rings (SSSR count). The summed E-state index contributed by atoms with van der Waals surface area (Å²) in [7, 11) is 0. The van der Waals surface area contributed by atoms with E-state index < -0.39 is 19.2 Å². The molecule has 0 radical (unpaired) electrons. The zero-order chi connectivity index (χ0) is 42.6. The van der Waals surface area contributed by atoms with Crippen LogP contribution in [0.2, 0.25) is 8.87 Å². The normalized spacial score (nSPS) is 12.4. The molecule has 4 nitrogen and oxygen atoms in total. The number of thioether (sulfide) groups is 4. The molecule has 0 amide bonds. The van der Waals surface area contributed by atoms with Crippen LogP contribution in [-0.2, 0) is 15.7 Å². The maximum absolute atomic E-state index is 14.5. The van der Waals surface area contributed by atoms with Gasteiger partial charge in [-0.25, -0.2) is 0 Å². The second-order valence-corrected chi connectivity index (χ2v) is 33.2. The molecule has 0 aromatic carbocycles. The van der Waals surface area contributed by atoms with E-state index in [9.17, 15) is 9.59 Å². The standard InChI is InChI=1S/2C18H36O2S2.C8H17.C4H9.Sn/c2*1-15(2)11-7-5-9-13-21-18(17(19)20)22-14-10-6-8-12-16(3)4;1-3-5-7-8-6-4-2;1-3-4-2;/h2*15-16,18H,5-14H2,1-4H3,(H,19,20);1,3-8H2,2H3;1,3-4H2,2H3;/q;;;;+2/p-2. The van der Waals surface area contributed by atoms with Crippen molar-refractivity contribution in [1.29, 1.82) is 0 Å². The van der Waals surface area contributed by atoms with Crippen molar-refractivity contribution < 1.29 is 15.7 Å². The van der Waals surface area contributed by atoms with Gasteiger partial charge in [0.05, 0.1) is 0 Å². The molecule has 0 heterocycles. The summed E-state index contributed by atoms with van der Waals surface area (Å²) in [5.41, 5.74) is 0. The number of unbranched alkanes of at least 4 members (excludes halogenated alkanes) is 14. The molecular weight excluding hydrogens is 888 g/mol. The summed E-state index contributed by atoms with van der Waals surface area (Å²) in [6.07, 6.45) is 28.6. The van der Waals surface area contributed by atoms with Crippen LogP contribution in [0.25, 0.3) is 0 Å². The summed E-state index contributed by atoms with van der Waals surface area (Å²) in [6, 6.07) is 0. The molecule has 0 spiro atoms. The predicted molar refractivity (Wildman–Crippen MR) is 266 cm³/mol. The summed E-state index contributed by atoms with van der Waals surface area (Å²) in [6.45, 7) is 22.9. The molecule has 0 bridgehead atoms. The molecule has 0 fully saturated rings. The Morgan fingerprint density at radius 2 is 0.667 bits per heavy atom. The molecule has 0 aliphatic carbocycles. The Labute approximate surface area is 379 Å². The van der Waals surface area contributed by atoms with Crippen LogP contribution in [0.1, 0.15) is 223 Å². The summed E-state index contributed by atoms with van der Waals surface area (Å²) >= 11 is 2.99. The Balaban J connectivity index is 6.18. The van der Waals surface area contributed by atoms with E-state index >= 15 is 0 Å². The quantitative estimate of drug-likeness (QED) is 0.0341. The first-order valence-electron chi connectivity index (χ1n) is 24.3. The Hall–Kier alpha value is 1.14. The van der Waals surface area contributed by atoms with E-state index in [1.165, 1.54) is 103 Å². The Morgan fingerprint density at radius 3 is 0.982 bits per heavy atom. The summed E-state index contributed by atoms with van der Waals surface area (Å²) < 4.78 is 14.9. The fraction of sp³-hybridized carbons (Fsp3) is 0.958. The third kappa shape index (κ3) is 36.3. The molecule has 340 valence electrons. The molecule has 0 saturated heterocycles. The number of carbonyl (C=O) groups excluding carboxylic acids is 2. The minimum atomic E-state index is -4.20. The summed E-state index contributed by atoms with van der Waals surface area (Å²) in [5, 5.41) is 0. The molecule has 0 saturated carbocycles. The average molecular weight is 984 g/mol. The van der Waals surface area contributed by atoms with Gasteiger partial charge in [0.15, 0.2) is 0 Å². The Morgan fingerprint density at radius 1 is 0.386 bits per heavy atom. The first-order chi connectivity index (χ1) is 27.4. The minimum absolute atomic E-state index is 0.0905. The molecule has 0 aromatic rings. The van der Waals surface area contributed by atoms with Gasteiger partial charge >= 0.3 is 382 Å². The van der Waals surface area contributed by atoms with Gasteiger partial charge in [-0.15, -0.1) is 0 Å². The van der Waals surface area contributed by atoms with Gasteiger partial charge in [0, 0.05) is 0 Å². The van der Waals surface area contributed by atoms with Crippen molar-refractivity contribution in [2.45, 2.75) is 241 Å². The van der Waals surface area contributed by atoms with E-state index in [2.05, 4.69) is 69.2 Å². The van der Waals surface area contributed by atoms with Crippen LogP contribution < -0.4 is 0 Å². The van der Waals surface area contributed by atoms with E-state index in [1.807, 2.05) is 0 Å². The van der Waals surface area contributed by atoms with E-state index in [-0.39, 0.29) is 21.1 Å². The van der Waals surface area contributed by atoms with Crippen LogP contribution in [0, 0.1) is 23.7 Å². The van der Waals surface area contributed by atoms with Crippen molar-refractivity contribution in [2.24, 2.45) is 23.7 Å². The van der Waals surface area contributed by atoms with E-state index in [0.717, 1.165) is 107 Å². The molecule has 0 aliphatic heterocycles. The van der Waals surface area contributed by atoms with Crippen molar-refractivity contribution in [2.75, 3.05) is 23.0 Å². The molecule has 0 aromatic heterocycles. The van der Waals surface area contributed by atoms with Gasteiger partial charge in [0.1, 0.15) is 0 Å². The predicted octanol–water partition coefficient (Wildman–Crippen LogP) is 17.1. The summed E-state index contributed by atoms with van der Waals surface area (Å²) in [4.78, 5) is 29.0. The van der Waals surface area contributed by atoms with Crippen LogP contribution in [0.5, 0.6) is 0 Å². The van der Waals surface area contributed by atoms with Crippen molar-refractivity contribution in [3.8, 4) is 0 Å². The van der Waals surface area contributed by atoms with Crippen molar-refractivity contribution in [1.82, 2.24) is 0 Å². The fourth-order valence-electron chi connectivity index (χ4n) is 6.89. The van der Waals surface area contributed by atoms with Crippen LogP contribution in [0.4, 0.5) is 0 Å².